The van der Waals surface area contributed by atoms with Gasteiger partial charge in [-0.25, -0.2) is 4.98 Å². The topological polar surface area (TPSA) is 21.1 Å². The van der Waals surface area contributed by atoms with Gasteiger partial charge in [0.15, 0.2) is 0 Å². The van der Waals surface area contributed by atoms with Gasteiger partial charge in [-0.15, -0.1) is 11.3 Å². The van der Waals surface area contributed by atoms with Crippen LogP contribution in [0, 0.1) is 0 Å². The smallest absolute Gasteiger partial charge is 0.120 e. The number of fused-ring (bicyclic) bond motifs is 3. The maximum Gasteiger partial charge on any atom is 0.120 e. The third-order valence-electron chi connectivity index (χ3n) is 4.43. The number of thiazole rings is 1. The summed E-state index contributed by atoms with van der Waals surface area (Å²) >= 11 is 7.92. The molecule has 0 unspecified atom stereocenters. The fourth-order valence-electron chi connectivity index (χ4n) is 3.31. The Kier molecular flexibility index (Phi) is 3.76. The van der Waals surface area contributed by atoms with E-state index in [1.807, 2.05) is 17.6 Å². The van der Waals surface area contributed by atoms with Crippen LogP contribution in [0.15, 0.2) is 29.8 Å². The summed E-state index contributed by atoms with van der Waals surface area (Å²) in [7, 11) is 2.17. The van der Waals surface area contributed by atoms with E-state index in [4.69, 9.17) is 11.6 Å². The van der Waals surface area contributed by atoms with E-state index in [0.29, 0.717) is 0 Å². The Morgan fingerprint density at radius 3 is 3.04 bits per heavy atom. The van der Waals surface area contributed by atoms with Crippen molar-refractivity contribution in [1.82, 2.24) is 14.5 Å². The van der Waals surface area contributed by atoms with E-state index < -0.39 is 0 Å². The van der Waals surface area contributed by atoms with E-state index in [1.165, 1.54) is 27.7 Å². The van der Waals surface area contributed by atoms with Crippen LogP contribution in [0.3, 0.4) is 0 Å². The van der Waals surface area contributed by atoms with Gasteiger partial charge in [0.25, 0.3) is 0 Å². The number of nitrogens with zero attached hydrogens (tertiary/aromatic N) is 3. The SMILES string of the molecule is C/C(=C/n1c2c(c3cc(Cl)ccc31)CN(C)CC2)c1nccs1. The van der Waals surface area contributed by atoms with Crippen LogP contribution in [0.4, 0.5) is 0 Å². The first-order valence-electron chi connectivity index (χ1n) is 7.71. The van der Waals surface area contributed by atoms with E-state index in [0.717, 1.165) is 29.5 Å². The van der Waals surface area contributed by atoms with Gasteiger partial charge in [0.05, 0.1) is 5.52 Å². The Balaban J connectivity index is 1.94. The second-order valence-corrected chi connectivity index (χ2v) is 7.42. The standard InChI is InChI=1S/C18H18ClN3S/c1-12(18-20-6-8-23-18)10-22-16-4-3-13(19)9-14(16)15-11-21(2)7-5-17(15)22/h3-4,6,8-10H,5,7,11H2,1-2H3/b12-10-. The van der Waals surface area contributed by atoms with Gasteiger partial charge >= 0.3 is 0 Å². The molecule has 5 heteroatoms. The molecule has 0 spiro atoms. The van der Waals surface area contributed by atoms with E-state index in [-0.39, 0.29) is 0 Å². The molecule has 2 aromatic heterocycles. The zero-order chi connectivity index (χ0) is 16.0. The number of hydrogen-bond acceptors (Lipinski definition) is 3. The summed E-state index contributed by atoms with van der Waals surface area (Å²) in [5.74, 6) is 0. The van der Waals surface area contributed by atoms with Gasteiger partial charge in [-0.3, -0.25) is 0 Å². The monoisotopic (exact) mass is 343 g/mol. The highest BCUT2D eigenvalue weighted by Crippen LogP contribution is 2.33. The molecule has 0 bridgehead atoms. The summed E-state index contributed by atoms with van der Waals surface area (Å²) in [5, 5.41) is 5.15. The van der Waals surface area contributed by atoms with E-state index >= 15 is 0 Å². The number of aromatic nitrogens is 2. The summed E-state index contributed by atoms with van der Waals surface area (Å²) in [6.45, 7) is 4.19. The number of halogens is 1. The third kappa shape index (κ3) is 2.61. The van der Waals surface area contributed by atoms with Gasteiger partial charge in [0.1, 0.15) is 5.01 Å². The average molecular weight is 344 g/mol. The molecule has 0 radical (unpaired) electrons. The highest BCUT2D eigenvalue weighted by atomic mass is 35.5. The van der Waals surface area contributed by atoms with Gasteiger partial charge in [-0.1, -0.05) is 11.6 Å². The maximum atomic E-state index is 6.25. The van der Waals surface area contributed by atoms with Crippen LogP contribution in [0.5, 0.6) is 0 Å². The van der Waals surface area contributed by atoms with Crippen LogP contribution >= 0.6 is 22.9 Å². The fourth-order valence-corrected chi connectivity index (χ4v) is 4.10. The lowest BCUT2D eigenvalue weighted by Gasteiger charge is -2.23. The molecule has 0 saturated carbocycles. The molecule has 118 valence electrons. The minimum atomic E-state index is 0.798. The average Bonchev–Trinajstić information content (AvgIpc) is 3.15. The molecule has 23 heavy (non-hydrogen) atoms. The van der Waals surface area contributed by atoms with E-state index in [9.17, 15) is 0 Å². The predicted octanol–water partition coefficient (Wildman–Crippen LogP) is 4.76. The molecular formula is C18H18ClN3S. The molecule has 3 aromatic rings. The van der Waals surface area contributed by atoms with Gasteiger partial charge in [-0.2, -0.15) is 0 Å². The largest absolute Gasteiger partial charge is 0.320 e. The molecule has 3 nitrogen and oxygen atoms in total. The molecule has 0 saturated heterocycles. The minimum Gasteiger partial charge on any atom is -0.320 e. The zero-order valence-corrected chi connectivity index (χ0v) is 14.8. The lowest BCUT2D eigenvalue weighted by molar-refractivity contribution is 0.312. The molecule has 0 N–H and O–H groups in total. The quantitative estimate of drug-likeness (QED) is 0.669. The van der Waals surface area contributed by atoms with Crippen molar-refractivity contribution in [3.63, 3.8) is 0 Å². The first-order valence-corrected chi connectivity index (χ1v) is 8.97. The molecule has 4 rings (SSSR count). The Labute approximate surface area is 144 Å². The molecular weight excluding hydrogens is 326 g/mol. The predicted molar refractivity (Wildman–Crippen MR) is 98.9 cm³/mol. The number of benzene rings is 1. The van der Waals surface area contributed by atoms with Gasteiger partial charge in [-0.05, 0) is 37.7 Å². The van der Waals surface area contributed by atoms with E-state index in [1.54, 1.807) is 11.3 Å². The lowest BCUT2D eigenvalue weighted by atomic mass is 10.1. The number of likely N-dealkylation sites (N-methyl/N-ethyl adjacent to an activating group) is 1. The van der Waals surface area contributed by atoms with Crippen molar-refractivity contribution in [2.24, 2.45) is 0 Å². The second-order valence-electron chi connectivity index (χ2n) is 6.09. The summed E-state index contributed by atoms with van der Waals surface area (Å²) in [5.41, 5.74) is 5.22. The van der Waals surface area contributed by atoms with Crippen molar-refractivity contribution in [3.05, 3.63) is 51.1 Å². The molecule has 3 heterocycles. The zero-order valence-electron chi connectivity index (χ0n) is 13.2. The molecule has 1 aliphatic rings. The Morgan fingerprint density at radius 1 is 1.39 bits per heavy atom. The molecule has 0 amide bonds. The molecule has 1 aliphatic heterocycles. The Morgan fingerprint density at radius 2 is 2.26 bits per heavy atom. The third-order valence-corrected chi connectivity index (χ3v) is 5.58. The highest BCUT2D eigenvalue weighted by molar-refractivity contribution is 7.10. The van der Waals surface area contributed by atoms with Crippen molar-refractivity contribution >= 4 is 45.6 Å². The summed E-state index contributed by atoms with van der Waals surface area (Å²) in [4.78, 5) is 6.79. The minimum absolute atomic E-state index is 0.798. The molecule has 0 atom stereocenters. The van der Waals surface area contributed by atoms with Crippen molar-refractivity contribution in [3.8, 4) is 0 Å². The first-order chi connectivity index (χ1) is 11.1. The van der Waals surface area contributed by atoms with Gasteiger partial charge in [0, 0.05) is 59.0 Å². The maximum absolute atomic E-state index is 6.25. The lowest BCUT2D eigenvalue weighted by Crippen LogP contribution is -2.26. The van der Waals surface area contributed by atoms with Crippen LogP contribution < -0.4 is 0 Å². The van der Waals surface area contributed by atoms with Crippen LogP contribution in [0.2, 0.25) is 5.02 Å². The Hall–Kier alpha value is -1.62. The van der Waals surface area contributed by atoms with Crippen LogP contribution in [0.25, 0.3) is 22.7 Å². The fraction of sp³-hybridized carbons (Fsp3) is 0.278. The second kappa shape index (κ2) is 5.78. The van der Waals surface area contributed by atoms with Crippen LogP contribution in [-0.4, -0.2) is 28.0 Å². The van der Waals surface area contributed by atoms with Crippen molar-refractivity contribution in [1.29, 1.82) is 0 Å². The molecule has 0 aliphatic carbocycles. The normalized spacial score (nSPS) is 16.0. The highest BCUT2D eigenvalue weighted by Gasteiger charge is 2.22. The summed E-state index contributed by atoms with van der Waals surface area (Å²) in [6.07, 6.45) is 5.13. The van der Waals surface area contributed by atoms with Crippen molar-refractivity contribution in [2.45, 2.75) is 19.9 Å². The first kappa shape index (κ1) is 14.9. The summed E-state index contributed by atoms with van der Waals surface area (Å²) < 4.78 is 2.34. The number of hydrogen-bond donors (Lipinski definition) is 0. The van der Waals surface area contributed by atoms with Crippen molar-refractivity contribution < 1.29 is 0 Å². The number of rotatable bonds is 2. The number of allylic oxidation sites excluding steroid dienone is 1. The van der Waals surface area contributed by atoms with Gasteiger partial charge in [0.2, 0.25) is 0 Å². The van der Waals surface area contributed by atoms with Crippen molar-refractivity contribution in [2.75, 3.05) is 13.6 Å². The van der Waals surface area contributed by atoms with E-state index in [2.05, 4.69) is 46.8 Å². The summed E-state index contributed by atoms with van der Waals surface area (Å²) in [6, 6.07) is 6.20. The molecule has 1 aromatic carbocycles. The molecule has 0 fully saturated rings. The Bertz CT molecular complexity index is 893. The van der Waals surface area contributed by atoms with Crippen LogP contribution in [-0.2, 0) is 13.0 Å². The van der Waals surface area contributed by atoms with Gasteiger partial charge < -0.3 is 9.47 Å². The van der Waals surface area contributed by atoms with Crippen LogP contribution in [0.1, 0.15) is 23.2 Å².